The Morgan fingerprint density at radius 1 is 1.55 bits per heavy atom. The van der Waals surface area contributed by atoms with Crippen molar-refractivity contribution in [1.82, 2.24) is 10.3 Å². The number of nitrogens with one attached hydrogen (secondary N) is 2. The van der Waals surface area contributed by atoms with Crippen LogP contribution in [0.5, 0.6) is 0 Å². The molecule has 0 aromatic carbocycles. The van der Waals surface area contributed by atoms with Crippen molar-refractivity contribution in [1.29, 1.82) is 0 Å². The Bertz CT molecular complexity index is 247. The summed E-state index contributed by atoms with van der Waals surface area (Å²) in [6, 6.07) is 3.39. The average molecular weight is 152 g/mol. The third-order valence-electron chi connectivity index (χ3n) is 1.51. The van der Waals surface area contributed by atoms with E-state index < -0.39 is 0 Å². The lowest BCUT2D eigenvalue weighted by molar-refractivity contribution is 0.788. The van der Waals surface area contributed by atoms with Crippen LogP contribution >= 0.6 is 0 Å². The van der Waals surface area contributed by atoms with Crippen LogP contribution < -0.4 is 10.9 Å². The summed E-state index contributed by atoms with van der Waals surface area (Å²) >= 11 is 0. The van der Waals surface area contributed by atoms with E-state index >= 15 is 0 Å². The van der Waals surface area contributed by atoms with Crippen LogP contribution in [0.25, 0.3) is 0 Å². The zero-order valence-electron chi connectivity index (χ0n) is 6.55. The van der Waals surface area contributed by atoms with E-state index in [1.165, 1.54) is 0 Å². The molecule has 1 heterocycles. The minimum atomic E-state index is -0.0433. The molecule has 1 aromatic heterocycles. The molecule has 1 rings (SSSR count). The summed E-state index contributed by atoms with van der Waals surface area (Å²) in [7, 11) is 1.91. The molecule has 3 heteroatoms. The van der Waals surface area contributed by atoms with Crippen LogP contribution in [0.1, 0.15) is 5.56 Å². The predicted molar refractivity (Wildman–Crippen MR) is 44.7 cm³/mol. The van der Waals surface area contributed by atoms with E-state index in [4.69, 9.17) is 0 Å². The SMILES string of the molecule is CNCCc1ccc(=O)[nH]c1. The summed E-state index contributed by atoms with van der Waals surface area (Å²) in [5.74, 6) is 0. The van der Waals surface area contributed by atoms with Gasteiger partial charge in [0, 0.05) is 12.3 Å². The number of hydrogen-bond acceptors (Lipinski definition) is 2. The van der Waals surface area contributed by atoms with Gasteiger partial charge in [-0.25, -0.2) is 0 Å². The molecule has 0 aliphatic heterocycles. The lowest BCUT2D eigenvalue weighted by atomic mass is 10.2. The van der Waals surface area contributed by atoms with E-state index in [1.807, 2.05) is 13.1 Å². The molecule has 0 spiro atoms. The van der Waals surface area contributed by atoms with E-state index in [-0.39, 0.29) is 5.56 Å². The molecule has 0 amide bonds. The van der Waals surface area contributed by atoms with E-state index in [0.717, 1.165) is 18.5 Å². The summed E-state index contributed by atoms with van der Waals surface area (Å²) in [4.78, 5) is 13.2. The lowest BCUT2D eigenvalue weighted by Crippen LogP contribution is -2.11. The van der Waals surface area contributed by atoms with Gasteiger partial charge in [0.1, 0.15) is 0 Å². The van der Waals surface area contributed by atoms with Gasteiger partial charge in [-0.2, -0.15) is 0 Å². The van der Waals surface area contributed by atoms with Gasteiger partial charge in [0.2, 0.25) is 5.56 Å². The third-order valence-corrected chi connectivity index (χ3v) is 1.51. The number of hydrogen-bond donors (Lipinski definition) is 2. The number of aromatic amines is 1. The fourth-order valence-corrected chi connectivity index (χ4v) is 0.868. The van der Waals surface area contributed by atoms with E-state index in [0.29, 0.717) is 0 Å². The molecule has 2 N–H and O–H groups in total. The van der Waals surface area contributed by atoms with Crippen molar-refractivity contribution in [2.75, 3.05) is 13.6 Å². The number of H-pyrrole nitrogens is 1. The van der Waals surface area contributed by atoms with Crippen molar-refractivity contribution in [3.05, 3.63) is 34.2 Å². The van der Waals surface area contributed by atoms with Gasteiger partial charge in [-0.15, -0.1) is 0 Å². The Morgan fingerprint density at radius 2 is 2.36 bits per heavy atom. The van der Waals surface area contributed by atoms with Crippen LogP contribution in [0.3, 0.4) is 0 Å². The Kier molecular flexibility index (Phi) is 2.86. The van der Waals surface area contributed by atoms with Crippen molar-refractivity contribution in [2.45, 2.75) is 6.42 Å². The van der Waals surface area contributed by atoms with Crippen LogP contribution in [-0.2, 0) is 6.42 Å². The molecule has 0 atom stereocenters. The van der Waals surface area contributed by atoms with Crippen LogP contribution in [-0.4, -0.2) is 18.6 Å². The van der Waals surface area contributed by atoms with Crippen molar-refractivity contribution in [3.63, 3.8) is 0 Å². The van der Waals surface area contributed by atoms with E-state index in [2.05, 4.69) is 10.3 Å². The molecular formula is C8H12N2O. The van der Waals surface area contributed by atoms with Crippen LogP contribution in [0, 0.1) is 0 Å². The third kappa shape index (κ3) is 2.55. The fourth-order valence-electron chi connectivity index (χ4n) is 0.868. The minimum absolute atomic E-state index is 0.0433. The topological polar surface area (TPSA) is 44.9 Å². The highest BCUT2D eigenvalue weighted by Crippen LogP contribution is 1.92. The first-order valence-corrected chi connectivity index (χ1v) is 3.65. The number of pyridine rings is 1. The molecule has 0 unspecified atom stereocenters. The fraction of sp³-hybridized carbons (Fsp3) is 0.375. The molecule has 0 aliphatic rings. The van der Waals surface area contributed by atoms with Crippen molar-refractivity contribution >= 4 is 0 Å². The molecule has 60 valence electrons. The molecule has 0 bridgehead atoms. The maximum absolute atomic E-state index is 10.6. The lowest BCUT2D eigenvalue weighted by Gasteiger charge is -1.97. The first-order valence-electron chi connectivity index (χ1n) is 3.65. The molecule has 0 radical (unpaired) electrons. The second-order valence-corrected chi connectivity index (χ2v) is 2.41. The van der Waals surface area contributed by atoms with E-state index in [1.54, 1.807) is 12.3 Å². The van der Waals surface area contributed by atoms with Gasteiger partial charge in [-0.05, 0) is 25.6 Å². The van der Waals surface area contributed by atoms with Gasteiger partial charge < -0.3 is 10.3 Å². The maximum atomic E-state index is 10.6. The molecule has 11 heavy (non-hydrogen) atoms. The molecule has 3 nitrogen and oxygen atoms in total. The molecule has 0 fully saturated rings. The van der Waals surface area contributed by atoms with Crippen molar-refractivity contribution < 1.29 is 0 Å². The van der Waals surface area contributed by atoms with E-state index in [9.17, 15) is 4.79 Å². The van der Waals surface area contributed by atoms with Crippen LogP contribution in [0.15, 0.2) is 23.1 Å². The zero-order chi connectivity index (χ0) is 8.10. The second-order valence-electron chi connectivity index (χ2n) is 2.41. The molecule has 0 saturated carbocycles. The Labute approximate surface area is 65.5 Å². The number of likely N-dealkylation sites (N-methyl/N-ethyl adjacent to an activating group) is 1. The zero-order valence-corrected chi connectivity index (χ0v) is 6.55. The summed E-state index contributed by atoms with van der Waals surface area (Å²) in [6.07, 6.45) is 2.70. The van der Waals surface area contributed by atoms with Crippen molar-refractivity contribution in [2.24, 2.45) is 0 Å². The summed E-state index contributed by atoms with van der Waals surface area (Å²) in [6.45, 7) is 0.937. The largest absolute Gasteiger partial charge is 0.329 e. The Morgan fingerprint density at radius 3 is 2.91 bits per heavy atom. The number of aromatic nitrogens is 1. The normalized spacial score (nSPS) is 9.91. The predicted octanol–water partition coefficient (Wildman–Crippen LogP) is 0.137. The van der Waals surface area contributed by atoms with Gasteiger partial charge in [0.25, 0.3) is 0 Å². The van der Waals surface area contributed by atoms with Crippen molar-refractivity contribution in [3.8, 4) is 0 Å². The summed E-state index contributed by atoms with van der Waals surface area (Å²) in [5, 5.41) is 3.04. The van der Waals surface area contributed by atoms with Gasteiger partial charge >= 0.3 is 0 Å². The highest BCUT2D eigenvalue weighted by molar-refractivity contribution is 5.08. The van der Waals surface area contributed by atoms with Crippen LogP contribution in [0.4, 0.5) is 0 Å². The Hall–Kier alpha value is -1.09. The summed E-state index contributed by atoms with van der Waals surface area (Å²) in [5.41, 5.74) is 1.11. The highest BCUT2D eigenvalue weighted by Gasteiger charge is 1.89. The molecule has 1 aromatic rings. The Balaban J connectivity index is 2.59. The molecular weight excluding hydrogens is 140 g/mol. The first-order chi connectivity index (χ1) is 5.33. The van der Waals surface area contributed by atoms with Gasteiger partial charge in [0.15, 0.2) is 0 Å². The first kappa shape index (κ1) is 8.01. The van der Waals surface area contributed by atoms with Gasteiger partial charge in [-0.1, -0.05) is 6.07 Å². The summed E-state index contributed by atoms with van der Waals surface area (Å²) < 4.78 is 0. The molecule has 0 saturated heterocycles. The average Bonchev–Trinajstić information content (AvgIpc) is 2.04. The smallest absolute Gasteiger partial charge is 0.247 e. The molecule has 0 aliphatic carbocycles. The minimum Gasteiger partial charge on any atom is -0.329 e. The number of rotatable bonds is 3. The standard InChI is InChI=1S/C8H12N2O/c1-9-5-4-7-2-3-8(11)10-6-7/h2-3,6,9H,4-5H2,1H3,(H,10,11). The highest BCUT2D eigenvalue weighted by atomic mass is 16.1. The maximum Gasteiger partial charge on any atom is 0.247 e. The van der Waals surface area contributed by atoms with Crippen LogP contribution in [0.2, 0.25) is 0 Å². The monoisotopic (exact) mass is 152 g/mol. The van der Waals surface area contributed by atoms with Gasteiger partial charge in [-0.3, -0.25) is 4.79 Å². The van der Waals surface area contributed by atoms with Gasteiger partial charge in [0.05, 0.1) is 0 Å². The second kappa shape index (κ2) is 3.93. The quantitative estimate of drug-likeness (QED) is 0.647.